The minimum absolute atomic E-state index is 0.0303. The van der Waals surface area contributed by atoms with Crippen molar-refractivity contribution in [1.29, 1.82) is 5.26 Å². The van der Waals surface area contributed by atoms with Gasteiger partial charge in [-0.2, -0.15) is 5.26 Å². The van der Waals surface area contributed by atoms with Crippen LogP contribution in [0.4, 0.5) is 0 Å². The molecule has 0 aliphatic carbocycles. The Balaban J connectivity index is 2.27. The monoisotopic (exact) mass is 403 g/mol. The van der Waals surface area contributed by atoms with Crippen LogP contribution in [0.2, 0.25) is 5.02 Å². The van der Waals surface area contributed by atoms with Crippen molar-refractivity contribution in [2.75, 3.05) is 28.4 Å². The molecule has 0 unspecified atom stereocenters. The van der Waals surface area contributed by atoms with Gasteiger partial charge in [-0.3, -0.25) is 0 Å². The van der Waals surface area contributed by atoms with Crippen LogP contribution in [0, 0.1) is 11.3 Å². The molecule has 0 amide bonds. The largest absolute Gasteiger partial charge is 0.493 e. The number of hydrogen-bond donors (Lipinski definition) is 0. The molecule has 0 aliphatic heterocycles. The Morgan fingerprint density at radius 3 is 2.00 bits per heavy atom. The molecule has 8 heteroatoms. The summed E-state index contributed by atoms with van der Waals surface area (Å²) in [5.41, 5.74) is 0.916. The molecule has 2 aromatic rings. The predicted octanol–water partition coefficient (Wildman–Crippen LogP) is 3.86. The minimum atomic E-state index is -0.682. The van der Waals surface area contributed by atoms with Crippen LogP contribution in [0.5, 0.6) is 28.7 Å². The summed E-state index contributed by atoms with van der Waals surface area (Å²) in [6.07, 6.45) is 2.74. The van der Waals surface area contributed by atoms with E-state index >= 15 is 0 Å². The van der Waals surface area contributed by atoms with Gasteiger partial charge < -0.3 is 23.7 Å². The fourth-order valence-corrected chi connectivity index (χ4v) is 2.63. The fourth-order valence-electron chi connectivity index (χ4n) is 2.38. The molecule has 0 spiro atoms. The highest BCUT2D eigenvalue weighted by atomic mass is 35.5. The highest BCUT2D eigenvalue weighted by Gasteiger charge is 2.15. The molecule has 0 saturated heterocycles. The Labute approximate surface area is 167 Å². The summed E-state index contributed by atoms with van der Waals surface area (Å²) in [5, 5.41) is 9.06. The quantitative estimate of drug-likeness (QED) is 0.394. The van der Waals surface area contributed by atoms with Crippen molar-refractivity contribution in [2.24, 2.45) is 0 Å². The first kappa shape index (κ1) is 20.9. The van der Waals surface area contributed by atoms with E-state index in [1.807, 2.05) is 6.07 Å². The van der Waals surface area contributed by atoms with Crippen LogP contribution in [0.3, 0.4) is 0 Å². The van der Waals surface area contributed by atoms with E-state index in [1.165, 1.54) is 52.7 Å². The average Bonchev–Trinajstić information content (AvgIpc) is 2.72. The van der Waals surface area contributed by atoms with Crippen LogP contribution in [0.15, 0.2) is 30.3 Å². The maximum Gasteiger partial charge on any atom is 0.336 e. The van der Waals surface area contributed by atoms with E-state index < -0.39 is 5.97 Å². The van der Waals surface area contributed by atoms with Crippen molar-refractivity contribution in [3.63, 3.8) is 0 Å². The SMILES string of the molecule is COc1cc(C#N)cc(Cl)c1OC(=O)/C=C/c1cc(OC)c(OC)c(OC)c1. The van der Waals surface area contributed by atoms with Crippen LogP contribution < -0.4 is 23.7 Å². The lowest BCUT2D eigenvalue weighted by atomic mass is 10.1. The minimum Gasteiger partial charge on any atom is -0.493 e. The van der Waals surface area contributed by atoms with Crippen LogP contribution in [0.1, 0.15) is 11.1 Å². The maximum atomic E-state index is 12.2. The van der Waals surface area contributed by atoms with Gasteiger partial charge in [-0.15, -0.1) is 0 Å². The Morgan fingerprint density at radius 1 is 0.929 bits per heavy atom. The summed E-state index contributed by atoms with van der Waals surface area (Å²) in [7, 11) is 5.88. The maximum absolute atomic E-state index is 12.2. The van der Waals surface area contributed by atoms with Gasteiger partial charge in [-0.05, 0) is 29.8 Å². The van der Waals surface area contributed by atoms with Crippen LogP contribution in [-0.4, -0.2) is 34.4 Å². The number of benzene rings is 2. The molecule has 0 saturated carbocycles. The smallest absolute Gasteiger partial charge is 0.336 e. The zero-order valence-corrected chi connectivity index (χ0v) is 16.5. The van der Waals surface area contributed by atoms with Gasteiger partial charge in [-0.1, -0.05) is 11.6 Å². The molecule has 0 N–H and O–H groups in total. The van der Waals surface area contributed by atoms with Crippen LogP contribution in [-0.2, 0) is 4.79 Å². The predicted molar refractivity (Wildman–Crippen MR) is 103 cm³/mol. The number of nitriles is 1. The normalized spacial score (nSPS) is 10.3. The lowest BCUT2D eigenvalue weighted by Gasteiger charge is -2.13. The third-order valence-electron chi connectivity index (χ3n) is 3.66. The molecule has 7 nitrogen and oxygen atoms in total. The molecule has 146 valence electrons. The number of ether oxygens (including phenoxy) is 5. The Morgan fingerprint density at radius 2 is 1.50 bits per heavy atom. The summed E-state index contributed by atoms with van der Waals surface area (Å²) in [6, 6.07) is 8.12. The van der Waals surface area contributed by atoms with Crippen molar-refractivity contribution in [3.05, 3.63) is 46.5 Å². The van der Waals surface area contributed by atoms with Gasteiger partial charge >= 0.3 is 5.97 Å². The fraction of sp³-hybridized carbons (Fsp3) is 0.200. The Bertz CT molecular complexity index is 923. The third-order valence-corrected chi connectivity index (χ3v) is 3.94. The number of rotatable bonds is 7. The van der Waals surface area contributed by atoms with E-state index in [1.54, 1.807) is 12.1 Å². The number of hydrogen-bond acceptors (Lipinski definition) is 7. The van der Waals surface area contributed by atoms with Gasteiger partial charge in [0, 0.05) is 12.1 Å². The topological polar surface area (TPSA) is 87.0 Å². The highest BCUT2D eigenvalue weighted by molar-refractivity contribution is 6.32. The molecular weight excluding hydrogens is 386 g/mol. The zero-order chi connectivity index (χ0) is 20.7. The summed E-state index contributed by atoms with van der Waals surface area (Å²) < 4.78 is 26.2. The van der Waals surface area contributed by atoms with Crippen LogP contribution in [0.25, 0.3) is 6.08 Å². The van der Waals surface area contributed by atoms with Gasteiger partial charge in [-0.25, -0.2) is 4.79 Å². The highest BCUT2D eigenvalue weighted by Crippen LogP contribution is 2.39. The molecule has 0 radical (unpaired) electrons. The number of esters is 1. The molecule has 0 bridgehead atoms. The lowest BCUT2D eigenvalue weighted by Crippen LogP contribution is -2.06. The number of carbonyl (C=O) groups is 1. The first-order valence-corrected chi connectivity index (χ1v) is 8.32. The van der Waals surface area contributed by atoms with Crippen molar-refractivity contribution < 1.29 is 28.5 Å². The second kappa shape index (κ2) is 9.53. The molecule has 0 fully saturated rings. The number of methoxy groups -OCH3 is 4. The zero-order valence-electron chi connectivity index (χ0n) is 15.7. The van der Waals surface area contributed by atoms with Crippen molar-refractivity contribution in [2.45, 2.75) is 0 Å². The number of carbonyl (C=O) groups excluding carboxylic acids is 1. The van der Waals surface area contributed by atoms with Gasteiger partial charge in [0.05, 0.1) is 45.1 Å². The van der Waals surface area contributed by atoms with E-state index in [9.17, 15) is 4.79 Å². The molecule has 28 heavy (non-hydrogen) atoms. The van der Waals surface area contributed by atoms with E-state index in [0.717, 1.165) is 0 Å². The van der Waals surface area contributed by atoms with Gasteiger partial charge in [0.15, 0.2) is 23.0 Å². The van der Waals surface area contributed by atoms with Crippen molar-refractivity contribution in [3.8, 4) is 34.8 Å². The standard InChI is InChI=1S/C20H18ClNO6/c1-24-15-10-13(11-22)7-14(21)19(15)28-18(23)6-5-12-8-16(25-2)20(27-4)17(9-12)26-3/h5-10H,1-4H3/b6-5+. The summed E-state index contributed by atoms with van der Waals surface area (Å²) in [6.45, 7) is 0. The average molecular weight is 404 g/mol. The Kier molecular flexibility index (Phi) is 7.13. The molecule has 2 aromatic carbocycles. The molecule has 0 aliphatic rings. The summed E-state index contributed by atoms with van der Waals surface area (Å²) in [4.78, 5) is 12.2. The second-order valence-electron chi connectivity index (χ2n) is 5.31. The summed E-state index contributed by atoms with van der Waals surface area (Å²) in [5.74, 6) is 0.872. The molecule has 0 aromatic heterocycles. The van der Waals surface area contributed by atoms with E-state index in [2.05, 4.69) is 0 Å². The van der Waals surface area contributed by atoms with Crippen LogP contribution >= 0.6 is 11.6 Å². The van der Waals surface area contributed by atoms with Gasteiger partial charge in [0.2, 0.25) is 5.75 Å². The molecule has 0 heterocycles. The second-order valence-corrected chi connectivity index (χ2v) is 5.72. The van der Waals surface area contributed by atoms with E-state index in [4.69, 9.17) is 40.5 Å². The summed E-state index contributed by atoms with van der Waals surface area (Å²) >= 11 is 6.09. The Hall–Kier alpha value is -3.37. The van der Waals surface area contributed by atoms with Gasteiger partial charge in [0.1, 0.15) is 0 Å². The van der Waals surface area contributed by atoms with Crippen molar-refractivity contribution >= 4 is 23.6 Å². The first-order valence-electron chi connectivity index (χ1n) is 7.94. The van der Waals surface area contributed by atoms with Crippen molar-refractivity contribution in [1.82, 2.24) is 0 Å². The van der Waals surface area contributed by atoms with E-state index in [-0.39, 0.29) is 22.1 Å². The number of halogens is 1. The van der Waals surface area contributed by atoms with Gasteiger partial charge in [0.25, 0.3) is 0 Å². The van der Waals surface area contributed by atoms with E-state index in [0.29, 0.717) is 22.8 Å². The molecule has 2 rings (SSSR count). The lowest BCUT2D eigenvalue weighted by molar-refractivity contribution is -0.129. The molecule has 0 atom stereocenters. The molecular formula is C20H18ClNO6. The number of nitrogens with zero attached hydrogens (tertiary/aromatic N) is 1. The third kappa shape index (κ3) is 4.67. The first-order chi connectivity index (χ1) is 13.5.